The smallest absolute Gasteiger partial charge is 0.244 e. The second kappa shape index (κ2) is 4.12. The number of aromatic nitrogens is 4. The van der Waals surface area contributed by atoms with Crippen LogP contribution in [-0.2, 0) is 7.05 Å². The number of pyridine rings is 1. The normalized spacial score (nSPS) is 10.8. The topological polar surface area (TPSA) is 43.6 Å². The van der Waals surface area contributed by atoms with E-state index in [4.69, 9.17) is 0 Å². The molecule has 0 amide bonds. The number of rotatable bonds is 2. The minimum Gasteiger partial charge on any atom is -0.244 e. The van der Waals surface area contributed by atoms with E-state index in [2.05, 4.69) is 15.1 Å². The minimum absolute atomic E-state index is 0.282. The second-order valence-electron chi connectivity index (χ2n) is 2.82. The van der Waals surface area contributed by atoms with Crippen LogP contribution in [0.15, 0.2) is 22.6 Å². The molecule has 2 aromatic rings. The standard InChI is InChI=1S/C8H5F3N4S/c1-15-8(12-3-13-15)16-7-5(10)2-4(9)6(11)14-7/h2-3H,1H3. The summed E-state index contributed by atoms with van der Waals surface area (Å²) < 4.78 is 40.0. The molecule has 0 aliphatic carbocycles. The predicted octanol–water partition coefficient (Wildman–Crippen LogP) is 1.78. The van der Waals surface area contributed by atoms with Gasteiger partial charge in [0.25, 0.3) is 0 Å². The molecule has 84 valence electrons. The van der Waals surface area contributed by atoms with Crippen molar-refractivity contribution < 1.29 is 13.2 Å². The number of aryl methyl sites for hydroxylation is 1. The Morgan fingerprint density at radius 2 is 2.00 bits per heavy atom. The summed E-state index contributed by atoms with van der Waals surface area (Å²) in [5, 5.41) is 3.80. The predicted molar refractivity (Wildman–Crippen MR) is 49.2 cm³/mol. The quantitative estimate of drug-likeness (QED) is 0.757. The van der Waals surface area contributed by atoms with Crippen LogP contribution in [0.1, 0.15) is 0 Å². The molecule has 4 nitrogen and oxygen atoms in total. The van der Waals surface area contributed by atoms with Crippen molar-refractivity contribution in [3.05, 3.63) is 30.0 Å². The Hall–Kier alpha value is -1.57. The Morgan fingerprint density at radius 1 is 1.25 bits per heavy atom. The highest BCUT2D eigenvalue weighted by molar-refractivity contribution is 7.99. The molecule has 2 rings (SSSR count). The maximum absolute atomic E-state index is 13.2. The van der Waals surface area contributed by atoms with Gasteiger partial charge in [-0.2, -0.15) is 9.49 Å². The van der Waals surface area contributed by atoms with Crippen molar-refractivity contribution >= 4 is 11.8 Å². The fourth-order valence-corrected chi connectivity index (χ4v) is 1.70. The lowest BCUT2D eigenvalue weighted by Gasteiger charge is -2.01. The summed E-state index contributed by atoms with van der Waals surface area (Å²) in [7, 11) is 1.59. The van der Waals surface area contributed by atoms with Crippen LogP contribution in [-0.4, -0.2) is 19.7 Å². The first-order valence-electron chi connectivity index (χ1n) is 4.11. The summed E-state index contributed by atoms with van der Waals surface area (Å²) in [5.74, 6) is -3.60. The molecule has 0 atom stereocenters. The van der Waals surface area contributed by atoms with Gasteiger partial charge in [0.05, 0.1) is 0 Å². The molecule has 0 N–H and O–H groups in total. The van der Waals surface area contributed by atoms with Crippen molar-refractivity contribution in [2.75, 3.05) is 0 Å². The van der Waals surface area contributed by atoms with Crippen LogP contribution < -0.4 is 0 Å². The number of hydrogen-bond acceptors (Lipinski definition) is 4. The second-order valence-corrected chi connectivity index (χ2v) is 3.77. The zero-order chi connectivity index (χ0) is 11.7. The molecule has 0 saturated heterocycles. The molecule has 0 unspecified atom stereocenters. The lowest BCUT2D eigenvalue weighted by atomic mass is 10.4. The molecule has 0 aliphatic heterocycles. The van der Waals surface area contributed by atoms with E-state index in [1.165, 1.54) is 11.0 Å². The van der Waals surface area contributed by atoms with Gasteiger partial charge in [0.2, 0.25) is 5.95 Å². The van der Waals surface area contributed by atoms with Gasteiger partial charge in [-0.3, -0.25) is 0 Å². The molecule has 8 heteroatoms. The summed E-state index contributed by atoms with van der Waals surface area (Å²) in [6, 6.07) is 0.445. The van der Waals surface area contributed by atoms with Gasteiger partial charge in [0.15, 0.2) is 16.8 Å². The van der Waals surface area contributed by atoms with Gasteiger partial charge in [-0.05, 0) is 11.8 Å². The van der Waals surface area contributed by atoms with E-state index in [0.29, 0.717) is 11.2 Å². The van der Waals surface area contributed by atoms with Gasteiger partial charge < -0.3 is 0 Å². The first kappa shape index (κ1) is 10.9. The molecular weight excluding hydrogens is 241 g/mol. The molecule has 2 heterocycles. The molecule has 0 radical (unpaired) electrons. The van der Waals surface area contributed by atoms with Gasteiger partial charge in [-0.25, -0.2) is 23.4 Å². The third-order valence-electron chi connectivity index (χ3n) is 1.71. The van der Waals surface area contributed by atoms with E-state index in [1.807, 2.05) is 0 Å². The maximum atomic E-state index is 13.2. The Kier molecular flexibility index (Phi) is 2.82. The fourth-order valence-electron chi connectivity index (χ4n) is 0.965. The number of nitrogens with zero attached hydrogens (tertiary/aromatic N) is 4. The van der Waals surface area contributed by atoms with Crippen molar-refractivity contribution in [1.82, 2.24) is 19.7 Å². The van der Waals surface area contributed by atoms with Crippen LogP contribution in [0.4, 0.5) is 13.2 Å². The van der Waals surface area contributed by atoms with Crippen LogP contribution in [0.5, 0.6) is 0 Å². The highest BCUT2D eigenvalue weighted by Gasteiger charge is 2.14. The van der Waals surface area contributed by atoms with Gasteiger partial charge in [-0.1, -0.05) is 0 Å². The van der Waals surface area contributed by atoms with Crippen molar-refractivity contribution in [2.24, 2.45) is 7.05 Å². The molecule has 16 heavy (non-hydrogen) atoms. The van der Waals surface area contributed by atoms with Crippen LogP contribution in [0, 0.1) is 17.6 Å². The summed E-state index contributed by atoms with van der Waals surface area (Å²) >= 11 is 0.767. The largest absolute Gasteiger partial charge is 0.250 e. The van der Waals surface area contributed by atoms with E-state index in [1.54, 1.807) is 7.05 Å². The Labute approximate surface area is 92.5 Å². The van der Waals surface area contributed by atoms with Gasteiger partial charge in [0, 0.05) is 13.1 Å². The van der Waals surface area contributed by atoms with Crippen LogP contribution in [0.25, 0.3) is 0 Å². The average molecular weight is 246 g/mol. The molecule has 0 aromatic carbocycles. The third kappa shape index (κ3) is 2.01. The van der Waals surface area contributed by atoms with Crippen molar-refractivity contribution in [3.63, 3.8) is 0 Å². The lowest BCUT2D eigenvalue weighted by Crippen LogP contribution is -1.98. The molecule has 0 fully saturated rings. The zero-order valence-corrected chi connectivity index (χ0v) is 8.80. The highest BCUT2D eigenvalue weighted by Crippen LogP contribution is 2.26. The van der Waals surface area contributed by atoms with Crippen molar-refractivity contribution in [3.8, 4) is 0 Å². The molecule has 0 bridgehead atoms. The SMILES string of the molecule is Cn1ncnc1Sc1nc(F)c(F)cc1F. The molecular formula is C8H5F3N4S. The van der Waals surface area contributed by atoms with Gasteiger partial charge >= 0.3 is 0 Å². The minimum atomic E-state index is -1.34. The Bertz CT molecular complexity index is 528. The maximum Gasteiger partial charge on any atom is 0.250 e. The monoisotopic (exact) mass is 246 g/mol. The molecule has 0 aliphatic rings. The summed E-state index contributed by atoms with van der Waals surface area (Å²) in [6.07, 6.45) is 1.26. The summed E-state index contributed by atoms with van der Waals surface area (Å²) in [4.78, 5) is 6.95. The average Bonchev–Trinajstić information content (AvgIpc) is 2.61. The molecule has 0 saturated carbocycles. The first-order chi connectivity index (χ1) is 7.58. The fraction of sp³-hybridized carbons (Fsp3) is 0.125. The molecule has 0 spiro atoms. The van der Waals surface area contributed by atoms with Gasteiger partial charge in [0.1, 0.15) is 11.4 Å². The Balaban J connectivity index is 2.35. The van der Waals surface area contributed by atoms with Crippen LogP contribution >= 0.6 is 11.8 Å². The van der Waals surface area contributed by atoms with Crippen LogP contribution in [0.3, 0.4) is 0 Å². The number of halogens is 3. The van der Waals surface area contributed by atoms with Crippen molar-refractivity contribution in [1.29, 1.82) is 0 Å². The molecule has 2 aromatic heterocycles. The van der Waals surface area contributed by atoms with E-state index < -0.39 is 17.6 Å². The Morgan fingerprint density at radius 3 is 2.62 bits per heavy atom. The van der Waals surface area contributed by atoms with Crippen LogP contribution in [0.2, 0.25) is 0 Å². The highest BCUT2D eigenvalue weighted by atomic mass is 32.2. The van der Waals surface area contributed by atoms with E-state index >= 15 is 0 Å². The summed E-state index contributed by atoms with van der Waals surface area (Å²) in [5.41, 5.74) is 0. The van der Waals surface area contributed by atoms with E-state index in [0.717, 1.165) is 11.8 Å². The van der Waals surface area contributed by atoms with Crippen molar-refractivity contribution in [2.45, 2.75) is 10.2 Å². The zero-order valence-electron chi connectivity index (χ0n) is 7.99. The number of hydrogen-bond donors (Lipinski definition) is 0. The first-order valence-corrected chi connectivity index (χ1v) is 4.93. The summed E-state index contributed by atoms with van der Waals surface area (Å²) in [6.45, 7) is 0. The van der Waals surface area contributed by atoms with E-state index in [9.17, 15) is 13.2 Å². The van der Waals surface area contributed by atoms with E-state index in [-0.39, 0.29) is 5.03 Å². The third-order valence-corrected chi connectivity index (χ3v) is 2.74. The lowest BCUT2D eigenvalue weighted by molar-refractivity contribution is 0.447. The van der Waals surface area contributed by atoms with Gasteiger partial charge in [-0.15, -0.1) is 0 Å².